The van der Waals surface area contributed by atoms with Gasteiger partial charge in [0.1, 0.15) is 18.2 Å². The molecule has 1 aromatic carbocycles. The van der Waals surface area contributed by atoms with E-state index in [-0.39, 0.29) is 12.2 Å². The fourth-order valence-electron chi connectivity index (χ4n) is 1.59. The summed E-state index contributed by atoms with van der Waals surface area (Å²) in [5.41, 5.74) is 1.64. The van der Waals surface area contributed by atoms with Crippen LogP contribution in [0.5, 0.6) is 5.75 Å². The van der Waals surface area contributed by atoms with Gasteiger partial charge in [-0.25, -0.2) is 4.39 Å². The number of hydrogen-bond acceptors (Lipinski definition) is 3. The van der Waals surface area contributed by atoms with E-state index in [4.69, 9.17) is 10.00 Å². The summed E-state index contributed by atoms with van der Waals surface area (Å²) in [5, 5.41) is 8.78. The van der Waals surface area contributed by atoms with Gasteiger partial charge in [-0.1, -0.05) is 0 Å². The van der Waals surface area contributed by atoms with Crippen LogP contribution in [0.15, 0.2) is 34.9 Å². The molecule has 2 rings (SSSR count). The van der Waals surface area contributed by atoms with Gasteiger partial charge in [0.25, 0.3) is 0 Å². The highest BCUT2D eigenvalue weighted by Gasteiger charge is 2.05. The van der Waals surface area contributed by atoms with Gasteiger partial charge in [-0.05, 0) is 52.7 Å². The van der Waals surface area contributed by atoms with Crippen molar-refractivity contribution in [2.45, 2.75) is 13.5 Å². The molecule has 0 amide bonds. The number of aromatic nitrogens is 1. The Morgan fingerprint density at radius 2 is 2.16 bits per heavy atom. The molecule has 3 nitrogen and oxygen atoms in total. The first-order chi connectivity index (χ1) is 9.08. The summed E-state index contributed by atoms with van der Waals surface area (Å²) in [6.07, 6.45) is 1.68. The van der Waals surface area contributed by atoms with Gasteiger partial charge in [0, 0.05) is 10.7 Å². The lowest BCUT2D eigenvalue weighted by Gasteiger charge is -2.09. The normalized spacial score (nSPS) is 10.0. The molecule has 0 saturated heterocycles. The van der Waals surface area contributed by atoms with E-state index >= 15 is 0 Å². The highest BCUT2D eigenvalue weighted by Crippen LogP contribution is 2.22. The molecule has 0 saturated carbocycles. The zero-order valence-electron chi connectivity index (χ0n) is 10.2. The van der Waals surface area contributed by atoms with Crippen LogP contribution in [0.3, 0.4) is 0 Å². The molecule has 0 unspecified atom stereocenters. The van der Waals surface area contributed by atoms with Gasteiger partial charge in [0.2, 0.25) is 0 Å². The van der Waals surface area contributed by atoms with E-state index in [9.17, 15) is 4.39 Å². The number of hydrogen-bond donors (Lipinski definition) is 0. The second-order valence-electron chi connectivity index (χ2n) is 3.99. The molecule has 0 aliphatic rings. The van der Waals surface area contributed by atoms with E-state index in [0.29, 0.717) is 11.3 Å². The van der Waals surface area contributed by atoms with Crippen LogP contribution in [-0.2, 0) is 6.61 Å². The van der Waals surface area contributed by atoms with E-state index in [1.807, 2.05) is 13.0 Å². The lowest BCUT2D eigenvalue weighted by Crippen LogP contribution is -1.99. The average molecular weight is 321 g/mol. The van der Waals surface area contributed by atoms with Gasteiger partial charge in [-0.3, -0.25) is 4.98 Å². The van der Waals surface area contributed by atoms with E-state index in [1.165, 1.54) is 12.1 Å². The molecule has 1 heterocycles. The van der Waals surface area contributed by atoms with Gasteiger partial charge < -0.3 is 4.74 Å². The minimum atomic E-state index is -0.443. The predicted octanol–water partition coefficient (Wildman–Crippen LogP) is 3.74. The summed E-state index contributed by atoms with van der Waals surface area (Å²) in [7, 11) is 0. The molecule has 0 spiro atoms. The lowest BCUT2D eigenvalue weighted by molar-refractivity contribution is 0.301. The second kappa shape index (κ2) is 5.81. The van der Waals surface area contributed by atoms with Crippen molar-refractivity contribution in [2.24, 2.45) is 0 Å². The van der Waals surface area contributed by atoms with Crippen molar-refractivity contribution in [3.63, 3.8) is 0 Å². The Bertz CT molecular complexity index is 652. The number of pyridine rings is 1. The summed E-state index contributed by atoms with van der Waals surface area (Å²) in [4.78, 5) is 4.14. The van der Waals surface area contributed by atoms with Crippen LogP contribution in [0.25, 0.3) is 0 Å². The van der Waals surface area contributed by atoms with Crippen LogP contribution < -0.4 is 4.74 Å². The number of ether oxygens (including phenoxy) is 1. The number of nitrogens with zero attached hydrogens (tertiary/aromatic N) is 2. The topological polar surface area (TPSA) is 45.9 Å². The Morgan fingerprint density at radius 1 is 1.37 bits per heavy atom. The van der Waals surface area contributed by atoms with Gasteiger partial charge in [0.15, 0.2) is 0 Å². The van der Waals surface area contributed by atoms with Crippen molar-refractivity contribution in [2.75, 3.05) is 0 Å². The van der Waals surface area contributed by atoms with E-state index in [2.05, 4.69) is 20.9 Å². The van der Waals surface area contributed by atoms with Crippen molar-refractivity contribution in [3.05, 3.63) is 57.6 Å². The molecule has 1 aromatic heterocycles. The SMILES string of the molecule is Cc1ncc(Br)cc1OCc1cc(F)cc(C#N)c1. The largest absolute Gasteiger partial charge is 0.487 e. The fraction of sp³-hybridized carbons (Fsp3) is 0.143. The standard InChI is InChI=1S/C14H10BrFN2O/c1-9-14(5-12(15)7-18-9)19-8-11-2-10(6-17)3-13(16)4-11/h2-5,7H,8H2,1H3. The molecule has 5 heteroatoms. The van der Waals surface area contributed by atoms with E-state index in [1.54, 1.807) is 18.3 Å². The van der Waals surface area contributed by atoms with Gasteiger partial charge in [-0.15, -0.1) is 0 Å². The monoisotopic (exact) mass is 320 g/mol. The second-order valence-corrected chi connectivity index (χ2v) is 4.90. The third kappa shape index (κ3) is 3.52. The molecular weight excluding hydrogens is 311 g/mol. The van der Waals surface area contributed by atoms with Gasteiger partial charge in [-0.2, -0.15) is 5.26 Å². The summed E-state index contributed by atoms with van der Waals surface area (Å²) in [6.45, 7) is 2.01. The minimum absolute atomic E-state index is 0.186. The molecule has 96 valence electrons. The first-order valence-electron chi connectivity index (χ1n) is 5.53. The van der Waals surface area contributed by atoms with Crippen molar-refractivity contribution < 1.29 is 9.13 Å². The first kappa shape index (κ1) is 13.5. The van der Waals surface area contributed by atoms with Crippen LogP contribution >= 0.6 is 15.9 Å². The minimum Gasteiger partial charge on any atom is -0.487 e. The molecule has 0 fully saturated rings. The molecule has 19 heavy (non-hydrogen) atoms. The maximum atomic E-state index is 13.3. The number of benzene rings is 1. The van der Waals surface area contributed by atoms with Crippen LogP contribution in [0.1, 0.15) is 16.8 Å². The smallest absolute Gasteiger partial charge is 0.142 e. The van der Waals surface area contributed by atoms with Crippen LogP contribution in [0.2, 0.25) is 0 Å². The highest BCUT2D eigenvalue weighted by molar-refractivity contribution is 9.10. The van der Waals surface area contributed by atoms with E-state index in [0.717, 1.165) is 10.2 Å². The fourth-order valence-corrected chi connectivity index (χ4v) is 1.90. The quantitative estimate of drug-likeness (QED) is 0.865. The Balaban J connectivity index is 2.17. The van der Waals surface area contributed by atoms with Gasteiger partial charge in [0.05, 0.1) is 17.3 Å². The van der Waals surface area contributed by atoms with Crippen molar-refractivity contribution in [1.82, 2.24) is 4.98 Å². The Morgan fingerprint density at radius 3 is 2.89 bits per heavy atom. The van der Waals surface area contributed by atoms with Crippen molar-refractivity contribution in [3.8, 4) is 11.8 Å². The molecule has 0 aliphatic heterocycles. The van der Waals surface area contributed by atoms with Crippen molar-refractivity contribution >= 4 is 15.9 Å². The first-order valence-corrected chi connectivity index (χ1v) is 6.32. The zero-order chi connectivity index (χ0) is 13.8. The molecular formula is C14H10BrFN2O. The van der Waals surface area contributed by atoms with E-state index < -0.39 is 5.82 Å². The maximum absolute atomic E-state index is 13.3. The lowest BCUT2D eigenvalue weighted by atomic mass is 10.1. The predicted molar refractivity (Wildman–Crippen MR) is 72.1 cm³/mol. The van der Waals surface area contributed by atoms with Gasteiger partial charge >= 0.3 is 0 Å². The number of rotatable bonds is 3. The number of halogens is 2. The Kier molecular flexibility index (Phi) is 4.13. The average Bonchev–Trinajstić information content (AvgIpc) is 2.39. The third-order valence-electron chi connectivity index (χ3n) is 2.49. The summed E-state index contributed by atoms with van der Waals surface area (Å²) in [5.74, 6) is 0.180. The van der Waals surface area contributed by atoms with Crippen LogP contribution in [0, 0.1) is 24.1 Å². The molecule has 2 aromatic rings. The third-order valence-corrected chi connectivity index (χ3v) is 2.92. The summed E-state index contributed by atoms with van der Waals surface area (Å²) >= 11 is 3.31. The molecule has 0 radical (unpaired) electrons. The van der Waals surface area contributed by atoms with Crippen LogP contribution in [0.4, 0.5) is 4.39 Å². The molecule has 0 bridgehead atoms. The highest BCUT2D eigenvalue weighted by atomic mass is 79.9. The maximum Gasteiger partial charge on any atom is 0.142 e. The Hall–Kier alpha value is -1.93. The summed E-state index contributed by atoms with van der Waals surface area (Å²) < 4.78 is 19.7. The molecule has 0 N–H and O–H groups in total. The van der Waals surface area contributed by atoms with Crippen LogP contribution in [-0.4, -0.2) is 4.98 Å². The molecule has 0 atom stereocenters. The number of aryl methyl sites for hydroxylation is 1. The number of nitriles is 1. The van der Waals surface area contributed by atoms with Crippen molar-refractivity contribution in [1.29, 1.82) is 5.26 Å². The Labute approximate surface area is 118 Å². The molecule has 0 aliphatic carbocycles. The zero-order valence-corrected chi connectivity index (χ0v) is 11.7. The summed E-state index contributed by atoms with van der Waals surface area (Å²) in [6, 6.07) is 7.85.